The van der Waals surface area contributed by atoms with Gasteiger partial charge >= 0.3 is 0 Å². The van der Waals surface area contributed by atoms with Crippen LogP contribution in [0, 0.1) is 6.92 Å². The summed E-state index contributed by atoms with van der Waals surface area (Å²) >= 11 is 1.51. The van der Waals surface area contributed by atoms with Crippen LogP contribution in [0.4, 0.5) is 5.95 Å². The van der Waals surface area contributed by atoms with Crippen LogP contribution in [0.2, 0.25) is 0 Å². The Balaban J connectivity index is 1.90. The van der Waals surface area contributed by atoms with E-state index in [2.05, 4.69) is 46.6 Å². The first-order valence-corrected chi connectivity index (χ1v) is 9.00. The quantitative estimate of drug-likeness (QED) is 0.858. The van der Waals surface area contributed by atoms with Gasteiger partial charge in [0.2, 0.25) is 11.1 Å². The molecule has 23 heavy (non-hydrogen) atoms. The van der Waals surface area contributed by atoms with E-state index in [0.717, 1.165) is 40.8 Å². The van der Waals surface area contributed by atoms with Crippen molar-refractivity contribution in [2.24, 2.45) is 0 Å². The lowest BCUT2D eigenvalue weighted by Crippen LogP contribution is -2.31. The number of fused-ring (bicyclic) bond motifs is 1. The van der Waals surface area contributed by atoms with Crippen molar-refractivity contribution in [2.45, 2.75) is 37.4 Å². The normalized spacial score (nSPS) is 20.1. The summed E-state index contributed by atoms with van der Waals surface area (Å²) in [6, 6.07) is 8.15. The molecule has 2 aromatic rings. The van der Waals surface area contributed by atoms with E-state index < -0.39 is 0 Å². The van der Waals surface area contributed by atoms with Crippen molar-refractivity contribution in [1.29, 1.82) is 0 Å². The number of aromatic nitrogens is 3. The Hall–Kier alpha value is -2.08. The molecule has 6 heteroatoms. The van der Waals surface area contributed by atoms with Crippen molar-refractivity contribution in [3.63, 3.8) is 0 Å². The number of nitrogens with zero attached hydrogens (tertiary/aromatic N) is 3. The number of thioether (sulfide) groups is 1. The van der Waals surface area contributed by atoms with E-state index in [9.17, 15) is 4.79 Å². The minimum absolute atomic E-state index is 0.178. The fraction of sp³-hybridized carbons (Fsp3) is 0.353. The number of nitrogens with one attached hydrogen (secondary N) is 1. The molecular formula is C17H18N4OS. The second kappa shape index (κ2) is 5.53. The molecule has 2 aliphatic rings. The second-order valence-corrected chi connectivity index (χ2v) is 6.75. The van der Waals surface area contributed by atoms with Gasteiger partial charge < -0.3 is 5.32 Å². The number of rotatable bonds is 2. The van der Waals surface area contributed by atoms with Gasteiger partial charge in [0.1, 0.15) is 6.04 Å². The van der Waals surface area contributed by atoms with Crippen LogP contribution >= 0.6 is 11.8 Å². The maximum atomic E-state index is 12.6. The first-order valence-electron chi connectivity index (χ1n) is 7.77. The van der Waals surface area contributed by atoms with Gasteiger partial charge in [-0.1, -0.05) is 41.6 Å². The zero-order valence-electron chi connectivity index (χ0n) is 13.2. The van der Waals surface area contributed by atoms with Crippen LogP contribution < -0.4 is 5.32 Å². The van der Waals surface area contributed by atoms with Gasteiger partial charge in [-0.3, -0.25) is 4.79 Å². The van der Waals surface area contributed by atoms with Crippen molar-refractivity contribution >= 4 is 23.5 Å². The SMILES string of the molecule is CSc1nc2n(n1)[C@@H](c1ccc(C)cc1)C1=C(CCCC1=O)N2. The first kappa shape index (κ1) is 14.5. The standard InChI is InChI=1S/C17H18N4OS/c1-10-6-8-11(9-7-10)15-14-12(4-3-5-13(14)22)18-16-19-17(23-2)20-21(15)16/h6-9,15H,3-5H2,1-2H3,(H,18,19,20)/t15-/m0/s1. The van der Waals surface area contributed by atoms with Crippen molar-refractivity contribution in [2.75, 3.05) is 11.6 Å². The highest BCUT2D eigenvalue weighted by Gasteiger charge is 2.36. The summed E-state index contributed by atoms with van der Waals surface area (Å²) in [6.45, 7) is 2.06. The summed E-state index contributed by atoms with van der Waals surface area (Å²) in [5.41, 5.74) is 4.15. The largest absolute Gasteiger partial charge is 0.328 e. The molecule has 1 aromatic heterocycles. The molecule has 0 bridgehead atoms. The van der Waals surface area contributed by atoms with Crippen LogP contribution in [0.3, 0.4) is 0 Å². The van der Waals surface area contributed by atoms with Gasteiger partial charge in [-0.05, 0) is 31.6 Å². The Morgan fingerprint density at radius 3 is 2.78 bits per heavy atom. The maximum Gasteiger partial charge on any atom is 0.227 e. The first-order chi connectivity index (χ1) is 11.2. The van der Waals surface area contributed by atoms with Gasteiger partial charge in [-0.15, -0.1) is 5.10 Å². The van der Waals surface area contributed by atoms with Crippen LogP contribution in [0.1, 0.15) is 36.4 Å². The van der Waals surface area contributed by atoms with E-state index in [4.69, 9.17) is 0 Å². The molecule has 0 amide bonds. The molecule has 1 atom stereocenters. The number of hydrogen-bond donors (Lipinski definition) is 1. The zero-order valence-corrected chi connectivity index (χ0v) is 14.0. The predicted molar refractivity (Wildman–Crippen MR) is 90.6 cm³/mol. The van der Waals surface area contributed by atoms with E-state index in [1.165, 1.54) is 17.3 Å². The number of Topliss-reactive ketones (excluding diaryl/α,β-unsaturated/α-hetero) is 1. The fourth-order valence-electron chi connectivity index (χ4n) is 3.28. The number of anilines is 1. The average molecular weight is 326 g/mol. The molecule has 0 spiro atoms. The Labute approximate surface area is 139 Å². The number of carbonyl (C=O) groups excluding carboxylic acids is 1. The molecule has 1 aliphatic carbocycles. The number of benzene rings is 1. The van der Waals surface area contributed by atoms with E-state index in [1.54, 1.807) is 0 Å². The molecule has 2 heterocycles. The highest BCUT2D eigenvalue weighted by atomic mass is 32.2. The molecule has 0 unspecified atom stereocenters. The summed E-state index contributed by atoms with van der Waals surface area (Å²) in [7, 11) is 0. The van der Waals surface area contributed by atoms with E-state index in [0.29, 0.717) is 6.42 Å². The van der Waals surface area contributed by atoms with Crippen LogP contribution in [0.15, 0.2) is 40.7 Å². The third-order valence-corrected chi connectivity index (χ3v) is 4.96. The van der Waals surface area contributed by atoms with Crippen molar-refractivity contribution < 1.29 is 4.79 Å². The van der Waals surface area contributed by atoms with Crippen LogP contribution in [0.25, 0.3) is 0 Å². The minimum atomic E-state index is -0.178. The molecule has 1 aromatic carbocycles. The Bertz CT molecular complexity index is 807. The monoisotopic (exact) mass is 326 g/mol. The molecule has 5 nitrogen and oxygen atoms in total. The van der Waals surface area contributed by atoms with Gasteiger partial charge in [0, 0.05) is 17.7 Å². The van der Waals surface area contributed by atoms with Gasteiger partial charge in [0.05, 0.1) is 0 Å². The Morgan fingerprint density at radius 2 is 2.04 bits per heavy atom. The number of allylic oxidation sites excluding steroid dienone is 2. The number of ketones is 1. The molecule has 0 saturated heterocycles. The lowest BCUT2D eigenvalue weighted by atomic mass is 9.85. The molecular weight excluding hydrogens is 308 g/mol. The number of hydrogen-bond acceptors (Lipinski definition) is 5. The van der Waals surface area contributed by atoms with Crippen LogP contribution in [-0.4, -0.2) is 26.8 Å². The number of carbonyl (C=O) groups is 1. The third kappa shape index (κ3) is 2.37. The molecule has 1 N–H and O–H groups in total. The topological polar surface area (TPSA) is 59.8 Å². The molecule has 0 saturated carbocycles. The highest BCUT2D eigenvalue weighted by Crippen LogP contribution is 2.40. The predicted octanol–water partition coefficient (Wildman–Crippen LogP) is 3.33. The summed E-state index contributed by atoms with van der Waals surface area (Å²) in [4.78, 5) is 17.1. The average Bonchev–Trinajstić information content (AvgIpc) is 2.97. The summed E-state index contributed by atoms with van der Waals surface area (Å²) in [6.07, 6.45) is 4.36. The second-order valence-electron chi connectivity index (χ2n) is 5.97. The minimum Gasteiger partial charge on any atom is -0.328 e. The van der Waals surface area contributed by atoms with Crippen molar-refractivity contribution in [3.05, 3.63) is 46.7 Å². The zero-order chi connectivity index (χ0) is 16.0. The van der Waals surface area contributed by atoms with E-state index in [1.807, 2.05) is 10.9 Å². The Kier molecular flexibility index (Phi) is 3.49. The van der Waals surface area contributed by atoms with E-state index in [-0.39, 0.29) is 11.8 Å². The summed E-state index contributed by atoms with van der Waals surface area (Å²) < 4.78 is 1.86. The lowest BCUT2D eigenvalue weighted by Gasteiger charge is -2.32. The maximum absolute atomic E-state index is 12.6. The van der Waals surface area contributed by atoms with E-state index >= 15 is 0 Å². The van der Waals surface area contributed by atoms with Gasteiger partial charge in [0.25, 0.3) is 0 Å². The van der Waals surface area contributed by atoms with Gasteiger partial charge in [-0.25, -0.2) is 4.68 Å². The summed E-state index contributed by atoms with van der Waals surface area (Å²) in [5, 5.41) is 8.64. The molecule has 0 fully saturated rings. The third-order valence-electron chi connectivity index (χ3n) is 4.42. The van der Waals surface area contributed by atoms with Gasteiger partial charge in [-0.2, -0.15) is 4.98 Å². The van der Waals surface area contributed by atoms with Gasteiger partial charge in [0.15, 0.2) is 5.78 Å². The lowest BCUT2D eigenvalue weighted by molar-refractivity contribution is -0.116. The Morgan fingerprint density at radius 1 is 1.26 bits per heavy atom. The molecule has 0 radical (unpaired) electrons. The van der Waals surface area contributed by atoms with Crippen LogP contribution in [0.5, 0.6) is 0 Å². The smallest absolute Gasteiger partial charge is 0.227 e. The van der Waals surface area contributed by atoms with Crippen molar-refractivity contribution in [3.8, 4) is 0 Å². The summed E-state index contributed by atoms with van der Waals surface area (Å²) in [5.74, 6) is 0.949. The molecule has 4 rings (SSSR count). The van der Waals surface area contributed by atoms with Crippen molar-refractivity contribution in [1.82, 2.24) is 14.8 Å². The highest BCUT2D eigenvalue weighted by molar-refractivity contribution is 7.98. The fourth-order valence-corrected chi connectivity index (χ4v) is 3.63. The molecule has 1 aliphatic heterocycles. The molecule has 118 valence electrons. The number of aryl methyl sites for hydroxylation is 1. The van der Waals surface area contributed by atoms with Crippen LogP contribution in [-0.2, 0) is 4.79 Å².